The zero-order valence-electron chi connectivity index (χ0n) is 19.5. The lowest BCUT2D eigenvalue weighted by Crippen LogP contribution is -2.53. The molecule has 4 atom stereocenters. The van der Waals surface area contributed by atoms with E-state index in [0.29, 0.717) is 56.9 Å². The first kappa shape index (κ1) is 24.9. The highest BCUT2D eigenvalue weighted by molar-refractivity contribution is 5.91. The largest absolute Gasteiger partial charge is 0.507 e. The van der Waals surface area contributed by atoms with Crippen LogP contribution in [0.25, 0.3) is 0 Å². The molecule has 4 rings (SSSR count). The number of piperidine rings is 2. The number of carboxylic acids is 1. The molecule has 0 amide bonds. The van der Waals surface area contributed by atoms with Gasteiger partial charge in [0, 0.05) is 50.0 Å². The van der Waals surface area contributed by atoms with Crippen molar-refractivity contribution >= 4 is 29.5 Å². The van der Waals surface area contributed by atoms with E-state index >= 15 is 0 Å². The Kier molecular flexibility index (Phi) is 7.50. The number of rotatable bonds is 7. The van der Waals surface area contributed by atoms with Gasteiger partial charge in [-0.15, -0.1) is 0 Å². The van der Waals surface area contributed by atoms with Crippen LogP contribution in [0.2, 0.25) is 0 Å². The molecule has 2 aliphatic rings. The molecule has 190 valence electrons. The molecule has 1 aromatic heterocycles. The number of hydrogen-bond donors (Lipinski definition) is 7. The maximum absolute atomic E-state index is 11.2. The second-order valence-corrected chi connectivity index (χ2v) is 9.43. The van der Waals surface area contributed by atoms with Crippen molar-refractivity contribution in [1.82, 2.24) is 15.0 Å². The number of aromatic hydroxyl groups is 1. The van der Waals surface area contributed by atoms with Crippen LogP contribution in [0.5, 0.6) is 5.75 Å². The minimum absolute atomic E-state index is 0.103. The predicted molar refractivity (Wildman–Crippen MR) is 133 cm³/mol. The number of aromatic carboxylic acids is 1. The molecule has 0 saturated carbocycles. The number of nitrogens with one attached hydrogen (secondary N) is 1. The molecule has 13 heteroatoms. The molecule has 13 nitrogen and oxygen atoms in total. The third-order valence-electron chi connectivity index (χ3n) is 6.47. The molecule has 1 aromatic carbocycles. The Morgan fingerprint density at radius 2 is 1.51 bits per heavy atom. The maximum Gasteiger partial charge on any atom is 0.339 e. The van der Waals surface area contributed by atoms with Crippen LogP contribution in [0.3, 0.4) is 0 Å². The van der Waals surface area contributed by atoms with Crippen molar-refractivity contribution in [1.29, 1.82) is 0 Å². The number of nitrogens with zero attached hydrogens (tertiary/aromatic N) is 5. The molecular weight excluding hydrogens is 452 g/mol. The van der Waals surface area contributed by atoms with E-state index in [0.717, 1.165) is 12.8 Å². The van der Waals surface area contributed by atoms with Gasteiger partial charge in [0.05, 0.1) is 0 Å². The normalized spacial score (nSPS) is 24.9. The van der Waals surface area contributed by atoms with Gasteiger partial charge in [-0.2, -0.15) is 15.0 Å². The SMILES string of the molecule is NC[C@@H]1C[C@H](CN)CN(c2nc(Nc3ccc(C(=O)O)c(O)c3)nc(N3C[C@H](N)C[C@H](N)C3)n2)C1. The molecule has 3 heterocycles. The average molecular weight is 487 g/mol. The summed E-state index contributed by atoms with van der Waals surface area (Å²) in [5.41, 5.74) is 24.6. The van der Waals surface area contributed by atoms with Crippen LogP contribution in [-0.4, -0.2) is 82.5 Å². The summed E-state index contributed by atoms with van der Waals surface area (Å²) in [6.45, 7) is 3.59. The van der Waals surface area contributed by atoms with Crippen LogP contribution >= 0.6 is 0 Å². The first-order valence-electron chi connectivity index (χ1n) is 11.8. The van der Waals surface area contributed by atoms with Gasteiger partial charge in [-0.25, -0.2) is 4.79 Å². The summed E-state index contributed by atoms with van der Waals surface area (Å²) in [5, 5.41) is 22.3. The molecule has 2 aromatic rings. The van der Waals surface area contributed by atoms with Crippen LogP contribution in [0, 0.1) is 11.8 Å². The van der Waals surface area contributed by atoms with Crippen molar-refractivity contribution in [2.45, 2.75) is 24.9 Å². The second-order valence-electron chi connectivity index (χ2n) is 9.43. The summed E-state index contributed by atoms with van der Waals surface area (Å²) >= 11 is 0. The first-order chi connectivity index (χ1) is 16.7. The van der Waals surface area contributed by atoms with E-state index in [4.69, 9.17) is 27.9 Å². The Labute approximate surface area is 203 Å². The summed E-state index contributed by atoms with van der Waals surface area (Å²) in [5.74, 6) is 0.127. The molecular formula is C22H34N10O3. The highest BCUT2D eigenvalue weighted by atomic mass is 16.4. The number of hydrogen-bond acceptors (Lipinski definition) is 12. The number of carboxylic acid groups (broad SMARTS) is 1. The van der Waals surface area contributed by atoms with Gasteiger partial charge in [-0.3, -0.25) is 0 Å². The first-order valence-corrected chi connectivity index (χ1v) is 11.8. The van der Waals surface area contributed by atoms with Crippen molar-refractivity contribution in [3.05, 3.63) is 23.8 Å². The summed E-state index contributed by atoms with van der Waals surface area (Å²) in [7, 11) is 0. The zero-order chi connectivity index (χ0) is 25.1. The van der Waals surface area contributed by atoms with E-state index in [-0.39, 0.29) is 41.2 Å². The predicted octanol–water partition coefficient (Wildman–Crippen LogP) is -0.756. The molecule has 35 heavy (non-hydrogen) atoms. The highest BCUT2D eigenvalue weighted by Crippen LogP contribution is 2.28. The number of nitrogens with two attached hydrogens (primary N) is 4. The number of carbonyl (C=O) groups is 1. The van der Waals surface area contributed by atoms with Crippen molar-refractivity contribution in [2.24, 2.45) is 34.8 Å². The molecule has 0 radical (unpaired) electrons. The molecule has 0 aliphatic carbocycles. The molecule has 2 fully saturated rings. The summed E-state index contributed by atoms with van der Waals surface area (Å²) in [6, 6.07) is 3.96. The molecule has 11 N–H and O–H groups in total. The van der Waals surface area contributed by atoms with Crippen molar-refractivity contribution in [3.63, 3.8) is 0 Å². The van der Waals surface area contributed by atoms with E-state index < -0.39 is 5.97 Å². The molecule has 2 saturated heterocycles. The van der Waals surface area contributed by atoms with Crippen LogP contribution in [-0.2, 0) is 0 Å². The summed E-state index contributed by atoms with van der Waals surface area (Å²) in [6.07, 6.45) is 1.68. The van der Waals surface area contributed by atoms with E-state index in [9.17, 15) is 15.0 Å². The standard InChI is InChI=1S/C22H34N10O3/c23-6-12-3-13(7-24)9-31(8-12)21-28-20(27-16-1-2-17(19(34)35)18(33)5-16)29-22(30-21)32-10-14(25)4-15(26)11-32/h1-2,5,12-15,33H,3-4,6-11,23-26H2,(H,34,35)(H,27,28,29,30)/t12-,13+,14-,15+. The molecule has 2 aliphatic heterocycles. The minimum Gasteiger partial charge on any atom is -0.507 e. The number of anilines is 4. The lowest BCUT2D eigenvalue weighted by atomic mass is 9.89. The Morgan fingerprint density at radius 1 is 0.943 bits per heavy atom. The number of aromatic nitrogens is 3. The quantitative estimate of drug-likeness (QED) is 0.256. The van der Waals surface area contributed by atoms with E-state index in [1.807, 2.05) is 4.90 Å². The Morgan fingerprint density at radius 3 is 2.03 bits per heavy atom. The third kappa shape index (κ3) is 5.88. The topological polar surface area (TPSA) is 219 Å². The van der Waals surface area contributed by atoms with E-state index in [1.54, 1.807) is 0 Å². The maximum atomic E-state index is 11.2. The van der Waals surface area contributed by atoms with Gasteiger partial charge in [0.15, 0.2) is 0 Å². The monoisotopic (exact) mass is 486 g/mol. The fourth-order valence-corrected chi connectivity index (χ4v) is 4.78. The van der Waals surface area contributed by atoms with E-state index in [1.165, 1.54) is 18.2 Å². The Balaban J connectivity index is 1.68. The van der Waals surface area contributed by atoms with Crippen LogP contribution < -0.4 is 38.1 Å². The van der Waals surface area contributed by atoms with E-state index in [2.05, 4.69) is 20.2 Å². The van der Waals surface area contributed by atoms with Crippen molar-refractivity contribution in [2.75, 3.05) is 54.4 Å². The minimum atomic E-state index is -1.22. The summed E-state index contributed by atoms with van der Waals surface area (Å²) in [4.78, 5) is 29.2. The van der Waals surface area contributed by atoms with Gasteiger partial charge in [0.1, 0.15) is 11.3 Å². The second kappa shape index (κ2) is 10.6. The van der Waals surface area contributed by atoms with Crippen molar-refractivity contribution < 1.29 is 15.0 Å². The molecule has 0 unspecified atom stereocenters. The smallest absolute Gasteiger partial charge is 0.339 e. The fourth-order valence-electron chi connectivity index (χ4n) is 4.78. The van der Waals surface area contributed by atoms with Gasteiger partial charge in [-0.1, -0.05) is 0 Å². The number of phenols is 1. The lowest BCUT2D eigenvalue weighted by molar-refractivity contribution is 0.0694. The number of benzene rings is 1. The van der Waals surface area contributed by atoms with Gasteiger partial charge in [0.2, 0.25) is 17.8 Å². The Hall–Kier alpha value is -3.26. The van der Waals surface area contributed by atoms with Gasteiger partial charge in [0.25, 0.3) is 0 Å². The van der Waals surface area contributed by atoms with Gasteiger partial charge in [-0.05, 0) is 49.9 Å². The molecule has 0 bridgehead atoms. The van der Waals surface area contributed by atoms with Crippen LogP contribution in [0.1, 0.15) is 23.2 Å². The van der Waals surface area contributed by atoms with Gasteiger partial charge < -0.3 is 48.3 Å². The zero-order valence-corrected chi connectivity index (χ0v) is 19.5. The van der Waals surface area contributed by atoms with Gasteiger partial charge >= 0.3 is 5.97 Å². The fraction of sp³-hybridized carbons (Fsp3) is 0.545. The lowest BCUT2D eigenvalue weighted by Gasteiger charge is -2.38. The average Bonchev–Trinajstić information content (AvgIpc) is 2.82. The Bertz CT molecular complexity index is 1030. The molecule has 0 spiro atoms. The summed E-state index contributed by atoms with van der Waals surface area (Å²) < 4.78 is 0. The van der Waals surface area contributed by atoms with Crippen LogP contribution in [0.15, 0.2) is 18.2 Å². The van der Waals surface area contributed by atoms with Crippen LogP contribution in [0.4, 0.5) is 23.5 Å². The highest BCUT2D eigenvalue weighted by Gasteiger charge is 2.30. The third-order valence-corrected chi connectivity index (χ3v) is 6.47. The van der Waals surface area contributed by atoms with Crippen molar-refractivity contribution in [3.8, 4) is 5.75 Å².